The number of pyridine rings is 1. The molecule has 0 aliphatic carbocycles. The summed E-state index contributed by atoms with van der Waals surface area (Å²) in [5, 5.41) is 2.41. The molecule has 1 aliphatic rings. The predicted molar refractivity (Wildman–Crippen MR) is 97.4 cm³/mol. The van der Waals surface area contributed by atoms with Crippen LogP contribution in [0, 0.1) is 12.5 Å². The number of aromatic nitrogens is 1. The molecule has 1 atom stereocenters. The molecule has 2 radical (unpaired) electrons. The van der Waals surface area contributed by atoms with Gasteiger partial charge in [0.25, 0.3) is 0 Å². The third-order valence-electron chi connectivity index (χ3n) is 4.17. The number of piperidine rings is 1. The van der Waals surface area contributed by atoms with E-state index >= 15 is 0 Å². The maximum Gasteiger partial charge on any atom is 0.136 e. The van der Waals surface area contributed by atoms with E-state index in [9.17, 15) is 0 Å². The molecule has 1 saturated heterocycles. The number of nitrogens with zero attached hydrogens (tertiary/aromatic N) is 2. The van der Waals surface area contributed by atoms with Crippen molar-refractivity contribution in [1.82, 2.24) is 0 Å². The van der Waals surface area contributed by atoms with Crippen molar-refractivity contribution in [3.05, 3.63) is 49.1 Å². The van der Waals surface area contributed by atoms with Gasteiger partial charge in [0, 0.05) is 66.8 Å². The molecule has 2 aromatic rings. The fourth-order valence-electron chi connectivity index (χ4n) is 3.02. The van der Waals surface area contributed by atoms with E-state index in [1.807, 2.05) is 29.9 Å². The van der Waals surface area contributed by atoms with Crippen LogP contribution in [0.1, 0.15) is 35.0 Å². The van der Waals surface area contributed by atoms with E-state index in [-0.39, 0.29) is 74.3 Å². The molecule has 3 rings (SSSR count). The van der Waals surface area contributed by atoms with Crippen LogP contribution in [0.5, 0.6) is 0 Å². The van der Waals surface area contributed by atoms with E-state index in [0.29, 0.717) is 0 Å². The fraction of sp³-hybridized carbons (Fsp3) is 0.500. The number of benzene rings is 1. The number of quaternary nitrogens is 1. The van der Waals surface area contributed by atoms with Crippen LogP contribution in [-0.4, -0.2) is 31.2 Å². The van der Waals surface area contributed by atoms with Crippen molar-refractivity contribution in [3.8, 4) is 0 Å². The van der Waals surface area contributed by atoms with Gasteiger partial charge in [0.1, 0.15) is 19.4 Å². The maximum absolute atomic E-state index is 3.18. The van der Waals surface area contributed by atoms with Crippen molar-refractivity contribution in [2.24, 2.45) is 7.05 Å². The normalized spacial score (nSPS) is 19.0. The zero-order chi connectivity index (χ0) is 15.1. The summed E-state index contributed by atoms with van der Waals surface area (Å²) in [4.78, 5) is 0. The van der Waals surface area contributed by atoms with Crippen LogP contribution in [0.15, 0.2) is 36.7 Å². The molecule has 0 N–H and O–H groups in total. The Morgan fingerprint density at radius 3 is 2.62 bits per heavy atom. The maximum atomic E-state index is 3.18. The Labute approximate surface area is 201 Å². The van der Waals surface area contributed by atoms with Crippen LogP contribution >= 0.6 is 0 Å². The quantitative estimate of drug-likeness (QED) is 0.344. The molecular weight excluding hydrogens is 446 g/mol. The van der Waals surface area contributed by atoms with E-state index in [1.54, 1.807) is 0 Å². The van der Waals surface area contributed by atoms with E-state index in [2.05, 4.69) is 44.8 Å². The first-order chi connectivity index (χ1) is 10.1. The molecule has 0 spiro atoms. The van der Waals surface area contributed by atoms with Gasteiger partial charge >= 0.3 is 0 Å². The third kappa shape index (κ3) is 8.95. The summed E-state index contributed by atoms with van der Waals surface area (Å²) in [5.41, 5.74) is 0. The average Bonchev–Trinajstić information content (AvgIpc) is 2.48. The van der Waals surface area contributed by atoms with Gasteiger partial charge in [0.15, 0.2) is 0 Å². The molecule has 0 bridgehead atoms. The first-order valence-electron chi connectivity index (χ1n) is 8.04. The SMILES string of the molecule is C.CCC[N+]1(C)C[CH-]CCC1.C[n+]1c[c-]c2ccccc2c1.[2HH].[Y].[Y]. The van der Waals surface area contributed by atoms with Crippen LogP contribution in [0.3, 0.4) is 0 Å². The number of hydrogen-bond donors (Lipinski definition) is 0. The molecule has 0 amide bonds. The largest absolute Gasteiger partial charge is 0.351 e. The molecule has 0 saturated carbocycles. The predicted octanol–water partition coefficient (Wildman–Crippen LogP) is 4.18. The van der Waals surface area contributed by atoms with Gasteiger partial charge in [-0.1, -0.05) is 25.8 Å². The van der Waals surface area contributed by atoms with Crippen molar-refractivity contribution >= 4 is 10.8 Å². The Balaban J connectivity index is -0.000000335. The number of fused-ring (bicyclic) bond motifs is 1. The van der Waals surface area contributed by atoms with Gasteiger partial charge in [0.2, 0.25) is 0 Å². The van der Waals surface area contributed by atoms with Gasteiger partial charge in [-0.2, -0.15) is 17.9 Å². The molecule has 2 heterocycles. The molecule has 4 heteroatoms. The molecular formula is C20H34N2Y2. The fourth-order valence-corrected chi connectivity index (χ4v) is 3.02. The molecule has 130 valence electrons. The van der Waals surface area contributed by atoms with Crippen LogP contribution < -0.4 is 4.57 Å². The van der Waals surface area contributed by atoms with Gasteiger partial charge in [0.05, 0.1) is 20.1 Å². The number of rotatable bonds is 2. The standard InChI is InChI=1S/C10H9N.C9H19N.CH4.2Y.H2/c1-11-7-6-9-4-2-3-5-10(9)8-11;1-3-7-10(2)8-5-4-6-9-10;;;;/h2-5,7-8H,1H3;5H,3-4,6-9H2,1-2H3;1H4;;;1H/i;;;;;1+1. The molecule has 1 fully saturated rings. The zero-order valence-electron chi connectivity index (χ0n) is 14.8. The second-order valence-electron chi connectivity index (χ2n) is 6.34. The minimum Gasteiger partial charge on any atom is -0.351 e. The summed E-state index contributed by atoms with van der Waals surface area (Å²) in [5.74, 6) is 0. The van der Waals surface area contributed by atoms with Crippen molar-refractivity contribution < 1.29 is 75.9 Å². The summed E-state index contributed by atoms with van der Waals surface area (Å²) >= 11 is 0. The van der Waals surface area contributed by atoms with Crippen molar-refractivity contribution in [2.75, 3.05) is 26.7 Å². The van der Waals surface area contributed by atoms with Crippen molar-refractivity contribution in [1.29, 1.82) is 0 Å². The minimum absolute atomic E-state index is 0. The van der Waals surface area contributed by atoms with Crippen LogP contribution in [-0.2, 0) is 72.5 Å². The molecule has 24 heavy (non-hydrogen) atoms. The van der Waals surface area contributed by atoms with Gasteiger partial charge in [-0.15, -0.1) is 18.2 Å². The topological polar surface area (TPSA) is 3.88 Å². The first-order valence-corrected chi connectivity index (χ1v) is 8.04. The Morgan fingerprint density at radius 2 is 2.00 bits per heavy atom. The van der Waals surface area contributed by atoms with Gasteiger partial charge in [-0.25, -0.2) is 4.57 Å². The van der Waals surface area contributed by atoms with Gasteiger partial charge in [-0.05, 0) is 19.4 Å². The second-order valence-corrected chi connectivity index (χ2v) is 6.34. The summed E-state index contributed by atoms with van der Waals surface area (Å²) < 4.78 is 3.29. The molecule has 1 aromatic carbocycles. The second kappa shape index (κ2) is 13.9. The van der Waals surface area contributed by atoms with Gasteiger partial charge < -0.3 is 4.48 Å². The zero-order valence-corrected chi connectivity index (χ0v) is 20.5. The molecule has 1 unspecified atom stereocenters. The molecule has 2 nitrogen and oxygen atoms in total. The smallest absolute Gasteiger partial charge is 0.136 e. The van der Waals surface area contributed by atoms with Crippen LogP contribution in [0.25, 0.3) is 10.8 Å². The Kier molecular flexibility index (Phi) is 15.7. The number of hydrogen-bond acceptors (Lipinski definition) is 0. The summed E-state index contributed by atoms with van der Waals surface area (Å²) in [6.45, 7) is 6.33. The first kappa shape index (κ1) is 27.0. The Morgan fingerprint density at radius 1 is 1.29 bits per heavy atom. The summed E-state index contributed by atoms with van der Waals surface area (Å²) in [6, 6.07) is 11.4. The third-order valence-corrected chi connectivity index (χ3v) is 4.17. The van der Waals surface area contributed by atoms with E-state index < -0.39 is 0 Å². The monoisotopic (exact) mass is 481 g/mol. The van der Waals surface area contributed by atoms with Crippen molar-refractivity contribution in [2.45, 2.75) is 33.6 Å². The average molecular weight is 481 g/mol. The summed E-state index contributed by atoms with van der Waals surface area (Å²) in [6.07, 6.45) is 10.5. The van der Waals surface area contributed by atoms with E-state index in [4.69, 9.17) is 0 Å². The van der Waals surface area contributed by atoms with Crippen LogP contribution in [0.4, 0.5) is 0 Å². The Hall–Kier alpha value is 0.798. The molecule has 1 aliphatic heterocycles. The number of likely N-dealkylation sites (tertiary alicyclic amines) is 1. The summed E-state index contributed by atoms with van der Waals surface area (Å²) in [7, 11) is 4.38. The van der Waals surface area contributed by atoms with Crippen LogP contribution in [0.2, 0.25) is 0 Å². The number of aryl methyl sites for hydroxylation is 1. The van der Waals surface area contributed by atoms with Crippen molar-refractivity contribution in [3.63, 3.8) is 0 Å². The minimum atomic E-state index is 0. The Bertz CT molecular complexity index is 567. The molecule has 1 aromatic heterocycles. The van der Waals surface area contributed by atoms with Gasteiger partial charge in [-0.3, -0.25) is 6.42 Å². The van der Waals surface area contributed by atoms with E-state index in [1.165, 1.54) is 54.2 Å². The van der Waals surface area contributed by atoms with E-state index in [0.717, 1.165) is 0 Å².